The van der Waals surface area contributed by atoms with E-state index in [9.17, 15) is 10.1 Å². The van der Waals surface area contributed by atoms with Gasteiger partial charge in [0.2, 0.25) is 11.8 Å². The highest BCUT2D eigenvalue weighted by atomic mass is 19.1. The molecule has 2 aromatic carbocycles. The average Bonchev–Trinajstić information content (AvgIpc) is 3.74. The molecule has 1 aliphatic heterocycles. The van der Waals surface area contributed by atoms with Gasteiger partial charge in [-0.25, -0.2) is 18.7 Å². The summed E-state index contributed by atoms with van der Waals surface area (Å²) < 4.78 is 37.7. The Bertz CT molecular complexity index is 1650. The zero-order valence-electron chi connectivity index (χ0n) is 22.1. The number of aromatic nitrogens is 3. The van der Waals surface area contributed by atoms with Crippen LogP contribution in [0, 0.1) is 35.8 Å². The van der Waals surface area contributed by atoms with Crippen molar-refractivity contribution in [2.45, 2.75) is 19.8 Å². The van der Waals surface area contributed by atoms with E-state index in [2.05, 4.69) is 32.1 Å². The number of rotatable bonds is 6. The quantitative estimate of drug-likeness (QED) is 0.353. The second kappa shape index (κ2) is 10.2. The van der Waals surface area contributed by atoms with Crippen molar-refractivity contribution < 1.29 is 18.3 Å². The predicted molar refractivity (Wildman–Crippen MR) is 146 cm³/mol. The van der Waals surface area contributed by atoms with Crippen molar-refractivity contribution >= 4 is 34.0 Å². The van der Waals surface area contributed by atoms with Crippen LogP contribution in [0.4, 0.5) is 26.0 Å². The second-order valence-electron chi connectivity index (χ2n) is 10.2. The van der Waals surface area contributed by atoms with Gasteiger partial charge in [-0.3, -0.25) is 9.36 Å². The van der Waals surface area contributed by atoms with Crippen molar-refractivity contribution in [3.8, 4) is 17.7 Å². The second-order valence-corrected chi connectivity index (χ2v) is 10.2. The number of fused-ring (bicyclic) bond motifs is 1. The van der Waals surface area contributed by atoms with Gasteiger partial charge < -0.3 is 19.9 Å². The molecule has 0 unspecified atom stereocenters. The van der Waals surface area contributed by atoms with Crippen molar-refractivity contribution in [2.24, 2.45) is 5.92 Å². The van der Waals surface area contributed by atoms with Crippen LogP contribution in [0.2, 0.25) is 0 Å². The third-order valence-electron chi connectivity index (χ3n) is 7.40. The van der Waals surface area contributed by atoms with Crippen molar-refractivity contribution in [3.63, 3.8) is 0 Å². The highest BCUT2D eigenvalue weighted by molar-refractivity contribution is 5.96. The van der Waals surface area contributed by atoms with Gasteiger partial charge in [0.15, 0.2) is 28.8 Å². The largest absolute Gasteiger partial charge is 0.434 e. The number of carbonyl (C=O) groups excluding carboxylic acids is 1. The van der Waals surface area contributed by atoms with Crippen molar-refractivity contribution in [2.75, 3.05) is 43.4 Å². The van der Waals surface area contributed by atoms with Crippen LogP contribution in [-0.2, 0) is 0 Å². The van der Waals surface area contributed by atoms with Gasteiger partial charge in [0.25, 0.3) is 0 Å². The van der Waals surface area contributed by atoms with Crippen LogP contribution in [0.25, 0.3) is 10.9 Å². The fourth-order valence-electron chi connectivity index (χ4n) is 5.00. The van der Waals surface area contributed by atoms with Crippen LogP contribution < -0.4 is 15.0 Å². The number of nitrogens with zero attached hydrogens (tertiary/aromatic N) is 6. The number of anilines is 3. The minimum Gasteiger partial charge on any atom is -0.434 e. The molecule has 2 aliphatic rings. The summed E-state index contributed by atoms with van der Waals surface area (Å²) in [6.45, 7) is 5.51. The van der Waals surface area contributed by atoms with Gasteiger partial charge in [0.05, 0.1) is 5.52 Å². The molecule has 1 N–H and O–H groups in total. The van der Waals surface area contributed by atoms with Gasteiger partial charge in [0, 0.05) is 60.6 Å². The lowest BCUT2D eigenvalue weighted by Crippen LogP contribution is -2.44. The number of ether oxygens (including phenoxy) is 1. The van der Waals surface area contributed by atoms with E-state index < -0.39 is 17.4 Å². The maximum Gasteiger partial charge on any atom is 0.242 e. The standard InChI is InChI=1S/C29H27F2N7O2/c1-17-13-21-25(31)24(14-23(30)26(21)38(17)29(39)18-3-4-18)40-28-22(15-32)27(33-16-34-28)35-19-5-7-20(8-6-19)37-11-9-36(2)10-12-37/h5-8,13-14,16,18H,3-4,9-12H2,1-2H3,(H,33,34,35). The highest BCUT2D eigenvalue weighted by Gasteiger charge is 2.33. The summed E-state index contributed by atoms with van der Waals surface area (Å²) in [4.78, 5) is 25.5. The molecule has 0 bridgehead atoms. The lowest BCUT2D eigenvalue weighted by atomic mass is 10.2. The molecule has 6 rings (SSSR count). The minimum atomic E-state index is -0.849. The van der Waals surface area contributed by atoms with Crippen LogP contribution in [0.3, 0.4) is 0 Å². The Hall–Kier alpha value is -4.56. The third-order valence-corrected chi connectivity index (χ3v) is 7.40. The third kappa shape index (κ3) is 4.71. The number of hydrogen-bond donors (Lipinski definition) is 1. The Morgan fingerprint density at radius 1 is 1.10 bits per heavy atom. The monoisotopic (exact) mass is 543 g/mol. The molecular weight excluding hydrogens is 516 g/mol. The van der Waals surface area contributed by atoms with Gasteiger partial charge in [0.1, 0.15) is 12.4 Å². The molecule has 204 valence electrons. The van der Waals surface area contributed by atoms with Gasteiger partial charge in [-0.15, -0.1) is 0 Å². The topological polar surface area (TPSA) is 99.3 Å². The predicted octanol–water partition coefficient (Wildman–Crippen LogP) is 5.23. The summed E-state index contributed by atoms with van der Waals surface area (Å²) in [6, 6.07) is 12.1. The molecule has 0 amide bonds. The number of halogens is 2. The van der Waals surface area contributed by atoms with E-state index in [1.807, 2.05) is 30.3 Å². The Morgan fingerprint density at radius 2 is 1.82 bits per heavy atom. The first-order valence-electron chi connectivity index (χ1n) is 13.1. The molecule has 1 saturated heterocycles. The molecule has 2 aromatic heterocycles. The molecule has 1 saturated carbocycles. The molecular formula is C29H27F2N7O2. The maximum atomic E-state index is 15.5. The van der Waals surface area contributed by atoms with E-state index in [1.165, 1.54) is 17.0 Å². The Balaban J connectivity index is 1.26. The first kappa shape index (κ1) is 25.7. The smallest absolute Gasteiger partial charge is 0.242 e. The van der Waals surface area contributed by atoms with Crippen LogP contribution in [0.1, 0.15) is 28.9 Å². The normalized spacial score (nSPS) is 15.7. The molecule has 40 heavy (non-hydrogen) atoms. The number of hydrogen-bond acceptors (Lipinski definition) is 8. The first-order valence-corrected chi connectivity index (χ1v) is 13.1. The molecule has 0 atom stereocenters. The first-order chi connectivity index (χ1) is 19.3. The highest BCUT2D eigenvalue weighted by Crippen LogP contribution is 2.38. The Kier molecular flexibility index (Phi) is 6.56. The Morgan fingerprint density at radius 3 is 2.50 bits per heavy atom. The van der Waals surface area contributed by atoms with Crippen molar-refractivity contribution in [3.05, 3.63) is 65.6 Å². The van der Waals surface area contributed by atoms with Gasteiger partial charge in [-0.05, 0) is 57.1 Å². The van der Waals surface area contributed by atoms with E-state index >= 15 is 8.78 Å². The van der Waals surface area contributed by atoms with Crippen LogP contribution in [0.5, 0.6) is 11.6 Å². The molecule has 4 aromatic rings. The number of nitrogens with one attached hydrogen (secondary N) is 1. The van der Waals surface area contributed by atoms with E-state index in [0.717, 1.165) is 50.8 Å². The summed E-state index contributed by atoms with van der Waals surface area (Å²) in [5.41, 5.74) is 2.04. The minimum absolute atomic E-state index is 0.0665. The van der Waals surface area contributed by atoms with E-state index in [1.54, 1.807) is 6.92 Å². The SMILES string of the molecule is Cc1cc2c(F)c(Oc3ncnc(Nc4ccc(N5CCN(C)CC5)cc4)c3C#N)cc(F)c2n1C(=O)C1CC1. The molecule has 9 nitrogen and oxygen atoms in total. The van der Waals surface area contributed by atoms with Crippen molar-refractivity contribution in [1.82, 2.24) is 19.4 Å². The van der Waals surface area contributed by atoms with Crippen LogP contribution >= 0.6 is 0 Å². The average molecular weight is 544 g/mol. The zero-order chi connectivity index (χ0) is 28.0. The van der Waals surface area contributed by atoms with E-state index in [4.69, 9.17) is 4.74 Å². The van der Waals surface area contributed by atoms with Crippen molar-refractivity contribution in [1.29, 1.82) is 5.26 Å². The number of piperazine rings is 1. The van der Waals surface area contributed by atoms with Crippen LogP contribution in [0.15, 0.2) is 42.7 Å². The summed E-state index contributed by atoms with van der Waals surface area (Å²) in [5.74, 6) is -2.57. The molecule has 2 fully saturated rings. The molecule has 3 heterocycles. The molecule has 1 aliphatic carbocycles. The summed E-state index contributed by atoms with van der Waals surface area (Å²) in [5, 5.41) is 12.9. The number of nitriles is 1. The van der Waals surface area contributed by atoms with E-state index in [-0.39, 0.29) is 40.0 Å². The number of benzene rings is 2. The number of carbonyl (C=O) groups is 1. The fourth-order valence-corrected chi connectivity index (χ4v) is 5.00. The van der Waals surface area contributed by atoms with Gasteiger partial charge >= 0.3 is 0 Å². The zero-order valence-corrected chi connectivity index (χ0v) is 22.1. The summed E-state index contributed by atoms with van der Waals surface area (Å²) in [7, 11) is 2.11. The Labute approximate surface area is 229 Å². The maximum absolute atomic E-state index is 15.5. The fraction of sp³-hybridized carbons (Fsp3) is 0.310. The number of aryl methyl sites for hydroxylation is 1. The molecule has 0 spiro atoms. The lowest BCUT2D eigenvalue weighted by molar-refractivity contribution is 0.0889. The lowest BCUT2D eigenvalue weighted by Gasteiger charge is -2.34. The molecule has 11 heteroatoms. The van der Waals surface area contributed by atoms with Gasteiger partial charge in [-0.2, -0.15) is 5.26 Å². The van der Waals surface area contributed by atoms with Crippen LogP contribution in [-0.4, -0.2) is 58.6 Å². The van der Waals surface area contributed by atoms with E-state index in [0.29, 0.717) is 11.4 Å². The molecule has 0 radical (unpaired) electrons. The number of likely N-dealkylation sites (N-methyl/N-ethyl adjacent to an activating group) is 1. The summed E-state index contributed by atoms with van der Waals surface area (Å²) >= 11 is 0. The van der Waals surface area contributed by atoms with Gasteiger partial charge in [-0.1, -0.05) is 0 Å². The summed E-state index contributed by atoms with van der Waals surface area (Å²) in [6.07, 6.45) is 2.66.